The van der Waals surface area contributed by atoms with Crippen LogP contribution in [0.3, 0.4) is 0 Å². The van der Waals surface area contributed by atoms with Gasteiger partial charge in [-0.3, -0.25) is 4.79 Å². The molecule has 0 aliphatic rings. The van der Waals surface area contributed by atoms with E-state index in [9.17, 15) is 4.79 Å². The summed E-state index contributed by atoms with van der Waals surface area (Å²) in [6.07, 6.45) is 3.34. The van der Waals surface area contributed by atoms with E-state index in [1.165, 1.54) is 5.56 Å². The monoisotopic (exact) mass is 316 g/mol. The minimum atomic E-state index is 0.0700. The van der Waals surface area contributed by atoms with Crippen molar-refractivity contribution < 1.29 is 4.79 Å². The smallest absolute Gasteiger partial charge is 0.226 e. The van der Waals surface area contributed by atoms with Crippen LogP contribution in [0.2, 0.25) is 0 Å². The normalized spacial score (nSPS) is 10.9. The second-order valence-corrected chi connectivity index (χ2v) is 6.87. The molecule has 0 atom stereocenters. The summed E-state index contributed by atoms with van der Waals surface area (Å²) in [4.78, 5) is 16.4. The van der Waals surface area contributed by atoms with E-state index in [-0.39, 0.29) is 5.91 Å². The van der Waals surface area contributed by atoms with Gasteiger partial charge in [0.1, 0.15) is 0 Å². The molecule has 0 saturated carbocycles. The van der Waals surface area contributed by atoms with Gasteiger partial charge < -0.3 is 5.32 Å². The number of nitrogens with one attached hydrogen (secondary N) is 1. The minimum Gasteiger partial charge on any atom is -0.356 e. The molecule has 3 nitrogen and oxygen atoms in total. The molecule has 4 heteroatoms. The number of aryl methyl sites for hydroxylation is 2. The fourth-order valence-electron chi connectivity index (χ4n) is 2.17. The van der Waals surface area contributed by atoms with Crippen LogP contribution in [0.5, 0.6) is 0 Å². The summed E-state index contributed by atoms with van der Waals surface area (Å²) in [5, 5.41) is 6.06. The Morgan fingerprint density at radius 2 is 2.00 bits per heavy atom. The Hall–Kier alpha value is -1.68. The van der Waals surface area contributed by atoms with E-state index in [0.717, 1.165) is 36.5 Å². The van der Waals surface area contributed by atoms with Gasteiger partial charge in [-0.15, -0.1) is 11.3 Å². The van der Waals surface area contributed by atoms with Crippen molar-refractivity contribution in [3.8, 4) is 0 Å². The van der Waals surface area contributed by atoms with Crippen molar-refractivity contribution in [1.29, 1.82) is 0 Å². The SMILES string of the molecule is CC(C)CCNC(=O)Cc1csc(CCc2ccccc2)n1. The van der Waals surface area contributed by atoms with E-state index in [1.54, 1.807) is 11.3 Å². The number of rotatable bonds is 8. The topological polar surface area (TPSA) is 42.0 Å². The maximum atomic E-state index is 11.8. The van der Waals surface area contributed by atoms with Crippen LogP contribution in [0.15, 0.2) is 35.7 Å². The fraction of sp³-hybridized carbons (Fsp3) is 0.444. The predicted molar refractivity (Wildman–Crippen MR) is 92.1 cm³/mol. The maximum absolute atomic E-state index is 11.8. The van der Waals surface area contributed by atoms with Crippen molar-refractivity contribution in [2.45, 2.75) is 39.5 Å². The predicted octanol–water partition coefficient (Wildman–Crippen LogP) is 3.63. The lowest BCUT2D eigenvalue weighted by atomic mass is 10.1. The molecular weight excluding hydrogens is 292 g/mol. The van der Waals surface area contributed by atoms with Crippen molar-refractivity contribution in [3.63, 3.8) is 0 Å². The van der Waals surface area contributed by atoms with Gasteiger partial charge in [-0.05, 0) is 24.3 Å². The first-order chi connectivity index (χ1) is 10.6. The maximum Gasteiger partial charge on any atom is 0.226 e. The summed E-state index contributed by atoms with van der Waals surface area (Å²) in [5.41, 5.74) is 2.21. The highest BCUT2D eigenvalue weighted by Crippen LogP contribution is 2.13. The summed E-state index contributed by atoms with van der Waals surface area (Å²) in [5.74, 6) is 0.685. The standard InChI is InChI=1S/C18H24N2OS/c1-14(2)10-11-19-17(21)12-16-13-22-18(20-16)9-8-15-6-4-3-5-7-15/h3-7,13-14H,8-12H2,1-2H3,(H,19,21). The molecule has 1 aromatic heterocycles. The van der Waals surface area contributed by atoms with Crippen LogP contribution in [0, 0.1) is 5.92 Å². The Morgan fingerprint density at radius 3 is 2.73 bits per heavy atom. The fourth-order valence-corrected chi connectivity index (χ4v) is 2.97. The third-order valence-corrected chi connectivity index (χ3v) is 4.41. The van der Waals surface area contributed by atoms with Crippen molar-refractivity contribution in [3.05, 3.63) is 52.0 Å². The van der Waals surface area contributed by atoms with Crippen LogP contribution in [-0.2, 0) is 24.1 Å². The van der Waals surface area contributed by atoms with E-state index < -0.39 is 0 Å². The van der Waals surface area contributed by atoms with Gasteiger partial charge >= 0.3 is 0 Å². The summed E-state index contributed by atoms with van der Waals surface area (Å²) in [6.45, 7) is 5.07. The number of benzene rings is 1. The first-order valence-corrected chi connectivity index (χ1v) is 8.75. The third-order valence-electron chi connectivity index (χ3n) is 3.46. The highest BCUT2D eigenvalue weighted by molar-refractivity contribution is 7.09. The summed E-state index contributed by atoms with van der Waals surface area (Å²) < 4.78 is 0. The van der Waals surface area contributed by atoms with Crippen LogP contribution in [0.1, 0.15) is 36.5 Å². The number of thiazole rings is 1. The molecule has 0 unspecified atom stereocenters. The number of carbonyl (C=O) groups excluding carboxylic acids is 1. The van der Waals surface area contributed by atoms with Crippen molar-refractivity contribution in [1.82, 2.24) is 10.3 Å². The molecule has 0 fully saturated rings. The van der Waals surface area contributed by atoms with E-state index in [4.69, 9.17) is 0 Å². The lowest BCUT2D eigenvalue weighted by Gasteiger charge is -2.06. The first-order valence-electron chi connectivity index (χ1n) is 7.87. The number of amides is 1. The van der Waals surface area contributed by atoms with E-state index in [2.05, 4.69) is 48.4 Å². The molecule has 0 radical (unpaired) electrons. The zero-order chi connectivity index (χ0) is 15.8. The Balaban J connectivity index is 1.75. The largest absolute Gasteiger partial charge is 0.356 e. The number of hydrogen-bond acceptors (Lipinski definition) is 3. The van der Waals surface area contributed by atoms with Crippen LogP contribution in [-0.4, -0.2) is 17.4 Å². The minimum absolute atomic E-state index is 0.0700. The van der Waals surface area contributed by atoms with Gasteiger partial charge in [-0.25, -0.2) is 4.98 Å². The van der Waals surface area contributed by atoms with Gasteiger partial charge in [0.25, 0.3) is 0 Å². The lowest BCUT2D eigenvalue weighted by molar-refractivity contribution is -0.120. The molecule has 22 heavy (non-hydrogen) atoms. The molecule has 118 valence electrons. The van der Waals surface area contributed by atoms with Crippen LogP contribution in [0.4, 0.5) is 0 Å². The number of hydrogen-bond donors (Lipinski definition) is 1. The molecule has 0 spiro atoms. The Labute approximate surface area is 136 Å². The molecular formula is C18H24N2OS. The molecule has 0 aliphatic carbocycles. The third kappa shape index (κ3) is 5.98. The second kappa shape index (κ2) is 8.69. The van der Waals surface area contributed by atoms with Gasteiger partial charge in [0, 0.05) is 18.3 Å². The molecule has 0 aliphatic heterocycles. The Kier molecular flexibility index (Phi) is 6.59. The van der Waals surface area contributed by atoms with E-state index in [0.29, 0.717) is 12.3 Å². The molecule has 0 saturated heterocycles. The Bertz CT molecular complexity index is 578. The van der Waals surface area contributed by atoms with Crippen molar-refractivity contribution >= 4 is 17.2 Å². The molecule has 1 aromatic carbocycles. The Morgan fingerprint density at radius 1 is 1.23 bits per heavy atom. The molecule has 1 amide bonds. The van der Waals surface area contributed by atoms with Gasteiger partial charge in [0.2, 0.25) is 5.91 Å². The zero-order valence-corrected chi connectivity index (χ0v) is 14.2. The van der Waals surface area contributed by atoms with Gasteiger partial charge in [-0.2, -0.15) is 0 Å². The van der Waals surface area contributed by atoms with E-state index >= 15 is 0 Å². The second-order valence-electron chi connectivity index (χ2n) is 5.93. The molecule has 0 bridgehead atoms. The zero-order valence-electron chi connectivity index (χ0n) is 13.3. The number of carbonyl (C=O) groups is 1. The summed E-state index contributed by atoms with van der Waals surface area (Å²) in [7, 11) is 0. The van der Waals surface area contributed by atoms with Gasteiger partial charge in [-0.1, -0.05) is 44.2 Å². The molecule has 2 aromatic rings. The summed E-state index contributed by atoms with van der Waals surface area (Å²) >= 11 is 1.65. The van der Waals surface area contributed by atoms with Crippen LogP contribution in [0.25, 0.3) is 0 Å². The van der Waals surface area contributed by atoms with E-state index in [1.807, 2.05) is 11.4 Å². The highest BCUT2D eigenvalue weighted by Gasteiger charge is 2.08. The lowest BCUT2D eigenvalue weighted by Crippen LogP contribution is -2.26. The van der Waals surface area contributed by atoms with Crippen LogP contribution >= 0.6 is 11.3 Å². The molecule has 1 N–H and O–H groups in total. The first kappa shape index (κ1) is 16.7. The average molecular weight is 316 g/mol. The van der Waals surface area contributed by atoms with Crippen molar-refractivity contribution in [2.75, 3.05) is 6.54 Å². The average Bonchev–Trinajstić information content (AvgIpc) is 2.93. The molecule has 1 heterocycles. The van der Waals surface area contributed by atoms with Gasteiger partial charge in [0.05, 0.1) is 17.1 Å². The van der Waals surface area contributed by atoms with Gasteiger partial charge in [0.15, 0.2) is 0 Å². The van der Waals surface area contributed by atoms with Crippen molar-refractivity contribution in [2.24, 2.45) is 5.92 Å². The highest BCUT2D eigenvalue weighted by atomic mass is 32.1. The number of nitrogens with zero attached hydrogens (tertiary/aromatic N) is 1. The van der Waals surface area contributed by atoms with Crippen LogP contribution < -0.4 is 5.32 Å². The summed E-state index contributed by atoms with van der Waals surface area (Å²) in [6, 6.07) is 10.4. The molecule has 2 rings (SSSR count). The quantitative estimate of drug-likeness (QED) is 0.808. The number of aromatic nitrogens is 1.